The highest BCUT2D eigenvalue weighted by atomic mass is 16.5. The highest BCUT2D eigenvalue weighted by Gasteiger charge is 2.31. The lowest BCUT2D eigenvalue weighted by molar-refractivity contribution is -0.123. The lowest BCUT2D eigenvalue weighted by Gasteiger charge is -2.28. The van der Waals surface area contributed by atoms with Gasteiger partial charge in [0.15, 0.2) is 0 Å². The lowest BCUT2D eigenvalue weighted by atomic mass is 10.0. The van der Waals surface area contributed by atoms with Gasteiger partial charge in [-0.15, -0.1) is 0 Å². The Balaban J connectivity index is 1.69. The number of ether oxygens (including phenoxy) is 1. The van der Waals surface area contributed by atoms with Crippen LogP contribution in [0.4, 0.5) is 0 Å². The maximum atomic E-state index is 12.0. The Labute approximate surface area is 138 Å². The minimum Gasteiger partial charge on any atom is -0.379 e. The van der Waals surface area contributed by atoms with Crippen LogP contribution in [0, 0.1) is 0 Å². The first-order chi connectivity index (χ1) is 11.2. The molecule has 5 heteroatoms. The average molecular weight is 318 g/mol. The number of hydrogen-bond acceptors (Lipinski definition) is 3. The molecule has 2 amide bonds. The summed E-state index contributed by atoms with van der Waals surface area (Å²) in [4.78, 5) is 24.8. The molecule has 1 aliphatic rings. The van der Waals surface area contributed by atoms with Gasteiger partial charge in [0.25, 0.3) is 0 Å². The van der Waals surface area contributed by atoms with E-state index in [0.29, 0.717) is 19.4 Å². The molecule has 2 atom stereocenters. The van der Waals surface area contributed by atoms with Crippen LogP contribution in [0.25, 0.3) is 0 Å². The third-order valence-electron chi connectivity index (χ3n) is 4.44. The number of likely N-dealkylation sites (tertiary alicyclic amines) is 1. The van der Waals surface area contributed by atoms with Crippen LogP contribution in [0.1, 0.15) is 31.2 Å². The average Bonchev–Trinajstić information content (AvgIpc) is 3.05. The number of amides is 2. The molecule has 0 spiro atoms. The van der Waals surface area contributed by atoms with Gasteiger partial charge in [-0.25, -0.2) is 0 Å². The van der Waals surface area contributed by atoms with Crippen LogP contribution in [0.15, 0.2) is 30.3 Å². The van der Waals surface area contributed by atoms with Crippen LogP contribution < -0.4 is 5.32 Å². The van der Waals surface area contributed by atoms with E-state index in [0.717, 1.165) is 32.2 Å². The largest absolute Gasteiger partial charge is 0.379 e. The van der Waals surface area contributed by atoms with Crippen LogP contribution in [0.3, 0.4) is 0 Å². The maximum absolute atomic E-state index is 12.0. The molecule has 1 aliphatic heterocycles. The van der Waals surface area contributed by atoms with E-state index in [1.807, 2.05) is 18.2 Å². The summed E-state index contributed by atoms with van der Waals surface area (Å²) in [6.07, 6.45) is 4.69. The van der Waals surface area contributed by atoms with E-state index in [2.05, 4.69) is 17.4 Å². The highest BCUT2D eigenvalue weighted by Crippen LogP contribution is 2.22. The van der Waals surface area contributed by atoms with Crippen molar-refractivity contribution in [1.29, 1.82) is 0 Å². The first-order valence-electron chi connectivity index (χ1n) is 8.29. The fourth-order valence-corrected chi connectivity index (χ4v) is 3.16. The van der Waals surface area contributed by atoms with Crippen molar-refractivity contribution < 1.29 is 14.3 Å². The van der Waals surface area contributed by atoms with E-state index in [-0.39, 0.29) is 18.1 Å². The minimum atomic E-state index is -0.0671. The van der Waals surface area contributed by atoms with E-state index in [9.17, 15) is 9.59 Å². The van der Waals surface area contributed by atoms with Crippen molar-refractivity contribution in [2.24, 2.45) is 0 Å². The zero-order valence-corrected chi connectivity index (χ0v) is 13.7. The van der Waals surface area contributed by atoms with Gasteiger partial charge in [-0.1, -0.05) is 30.3 Å². The van der Waals surface area contributed by atoms with Crippen molar-refractivity contribution >= 4 is 12.3 Å². The van der Waals surface area contributed by atoms with Gasteiger partial charge in [0.1, 0.15) is 0 Å². The quantitative estimate of drug-likeness (QED) is 0.706. The topological polar surface area (TPSA) is 58.6 Å². The molecule has 0 aliphatic carbocycles. The Hall–Kier alpha value is -1.88. The second-order valence-electron chi connectivity index (χ2n) is 5.95. The summed E-state index contributed by atoms with van der Waals surface area (Å²) in [6, 6.07) is 10.2. The minimum absolute atomic E-state index is 0.0404. The lowest BCUT2D eigenvalue weighted by Crippen LogP contribution is -2.40. The van der Waals surface area contributed by atoms with Gasteiger partial charge in [0.05, 0.1) is 12.1 Å². The monoisotopic (exact) mass is 318 g/mol. The van der Waals surface area contributed by atoms with Crippen molar-refractivity contribution in [2.75, 3.05) is 20.2 Å². The number of nitrogens with one attached hydrogen (secondary N) is 1. The molecule has 1 heterocycles. The Morgan fingerprint density at radius 2 is 2.22 bits per heavy atom. The van der Waals surface area contributed by atoms with E-state index < -0.39 is 0 Å². The molecule has 1 saturated heterocycles. The number of rotatable bonds is 9. The molecule has 0 radical (unpaired) electrons. The van der Waals surface area contributed by atoms with E-state index in [4.69, 9.17) is 4.74 Å². The van der Waals surface area contributed by atoms with E-state index in [1.165, 1.54) is 5.56 Å². The Morgan fingerprint density at radius 3 is 2.91 bits per heavy atom. The maximum Gasteiger partial charge on any atom is 0.220 e. The number of hydrogen-bond donors (Lipinski definition) is 1. The molecule has 23 heavy (non-hydrogen) atoms. The van der Waals surface area contributed by atoms with E-state index in [1.54, 1.807) is 12.0 Å². The highest BCUT2D eigenvalue weighted by molar-refractivity contribution is 5.75. The number of nitrogens with zero attached hydrogens (tertiary/aromatic N) is 1. The molecule has 1 N–H and O–H groups in total. The van der Waals surface area contributed by atoms with Gasteiger partial charge >= 0.3 is 0 Å². The summed E-state index contributed by atoms with van der Waals surface area (Å²) in [5.74, 6) is 0.0404. The zero-order valence-electron chi connectivity index (χ0n) is 13.7. The first-order valence-corrected chi connectivity index (χ1v) is 8.29. The predicted molar refractivity (Wildman–Crippen MR) is 89.0 cm³/mol. The summed E-state index contributed by atoms with van der Waals surface area (Å²) in [6.45, 7) is 1.43. The summed E-state index contributed by atoms with van der Waals surface area (Å²) < 4.78 is 5.51. The zero-order chi connectivity index (χ0) is 16.5. The van der Waals surface area contributed by atoms with Crippen molar-refractivity contribution in [2.45, 2.75) is 44.2 Å². The molecule has 0 saturated carbocycles. The van der Waals surface area contributed by atoms with Crippen molar-refractivity contribution in [3.8, 4) is 0 Å². The molecule has 5 nitrogen and oxygen atoms in total. The van der Waals surface area contributed by atoms with Crippen molar-refractivity contribution in [3.63, 3.8) is 0 Å². The normalized spacial score (nSPS) is 18.7. The molecule has 1 fully saturated rings. The third-order valence-corrected chi connectivity index (χ3v) is 4.44. The van der Waals surface area contributed by atoms with Gasteiger partial charge in [-0.2, -0.15) is 0 Å². The summed E-state index contributed by atoms with van der Waals surface area (Å²) in [5.41, 5.74) is 1.22. The van der Waals surface area contributed by atoms with Gasteiger partial charge in [0.2, 0.25) is 12.3 Å². The van der Waals surface area contributed by atoms with Gasteiger partial charge in [-0.05, 0) is 31.2 Å². The number of methoxy groups -OCH3 is 1. The molecule has 2 unspecified atom stereocenters. The molecular weight excluding hydrogens is 292 g/mol. The molecule has 126 valence electrons. The van der Waals surface area contributed by atoms with E-state index >= 15 is 0 Å². The molecule has 1 aromatic rings. The second kappa shape index (κ2) is 9.30. The SMILES string of the molecule is COC(CCC(=O)NCCc1ccccc1)C1CCCN1C=O. The van der Waals surface area contributed by atoms with Crippen LogP contribution in [0.5, 0.6) is 0 Å². The summed E-state index contributed by atoms with van der Waals surface area (Å²) >= 11 is 0. The Bertz CT molecular complexity index is 492. The van der Waals surface area contributed by atoms with Crippen LogP contribution in [-0.2, 0) is 20.7 Å². The fourth-order valence-electron chi connectivity index (χ4n) is 3.16. The Kier molecular flexibility index (Phi) is 7.07. The van der Waals surface area contributed by atoms with Gasteiger partial charge < -0.3 is 15.0 Å². The summed E-state index contributed by atoms with van der Waals surface area (Å²) in [5, 5.41) is 2.95. The van der Waals surface area contributed by atoms with Crippen molar-refractivity contribution in [1.82, 2.24) is 10.2 Å². The van der Waals surface area contributed by atoms with Crippen LogP contribution in [0.2, 0.25) is 0 Å². The van der Waals surface area contributed by atoms with Crippen molar-refractivity contribution in [3.05, 3.63) is 35.9 Å². The molecular formula is C18H26N2O3. The second-order valence-corrected chi connectivity index (χ2v) is 5.95. The first kappa shape index (κ1) is 17.5. The standard InChI is InChI=1S/C18H26N2O3/c1-23-17(16-8-5-13-20(16)14-21)9-10-18(22)19-12-11-15-6-3-2-4-7-15/h2-4,6-7,14,16-17H,5,8-13H2,1H3,(H,19,22). The van der Waals surface area contributed by atoms with Gasteiger partial charge in [0, 0.05) is 26.6 Å². The predicted octanol–water partition coefficient (Wildman–Crippen LogP) is 1.76. The van der Waals surface area contributed by atoms with Crippen LogP contribution in [-0.4, -0.2) is 49.6 Å². The fraction of sp³-hybridized carbons (Fsp3) is 0.556. The van der Waals surface area contributed by atoms with Gasteiger partial charge in [-0.3, -0.25) is 9.59 Å². The number of benzene rings is 1. The smallest absolute Gasteiger partial charge is 0.220 e. The molecule has 2 rings (SSSR count). The Morgan fingerprint density at radius 1 is 1.43 bits per heavy atom. The third kappa shape index (κ3) is 5.36. The summed E-state index contributed by atoms with van der Waals surface area (Å²) in [7, 11) is 1.65. The van der Waals surface area contributed by atoms with Crippen LogP contribution >= 0.6 is 0 Å². The molecule has 0 aromatic heterocycles. The molecule has 1 aromatic carbocycles. The number of carbonyl (C=O) groups is 2. The number of carbonyl (C=O) groups excluding carboxylic acids is 2. The molecule has 0 bridgehead atoms.